The first-order valence-corrected chi connectivity index (χ1v) is 11.7. The minimum atomic E-state index is -0.875. The lowest BCUT2D eigenvalue weighted by Gasteiger charge is -2.15. The summed E-state index contributed by atoms with van der Waals surface area (Å²) in [5.41, 5.74) is 0.243. The highest BCUT2D eigenvalue weighted by Crippen LogP contribution is 2.19. The number of imide groups is 1. The number of benzene rings is 2. The highest BCUT2D eigenvalue weighted by Gasteiger charge is 2.43. The Kier molecular flexibility index (Phi) is 8.90. The van der Waals surface area contributed by atoms with Crippen molar-refractivity contribution in [3.05, 3.63) is 60.2 Å². The van der Waals surface area contributed by atoms with Gasteiger partial charge in [-0.2, -0.15) is 0 Å². The summed E-state index contributed by atoms with van der Waals surface area (Å²) >= 11 is 0. The molecule has 2 aromatic rings. The Morgan fingerprint density at radius 1 is 0.941 bits per heavy atom. The molecule has 0 unspecified atom stereocenters. The first-order chi connectivity index (χ1) is 16.3. The molecule has 0 bridgehead atoms. The van der Waals surface area contributed by atoms with Crippen molar-refractivity contribution in [2.24, 2.45) is 0 Å². The predicted octanol–water partition coefficient (Wildman–Crippen LogP) is 3.65. The monoisotopic (exact) mass is 467 g/mol. The normalized spacial score (nSPS) is 14.6. The second-order valence-electron chi connectivity index (χ2n) is 8.77. The van der Waals surface area contributed by atoms with E-state index in [9.17, 15) is 14.4 Å². The van der Waals surface area contributed by atoms with Gasteiger partial charge in [0.05, 0.1) is 6.61 Å². The average Bonchev–Trinajstić information content (AvgIpc) is 3.02. The first-order valence-electron chi connectivity index (χ1n) is 11.7. The van der Waals surface area contributed by atoms with Gasteiger partial charge in [-0.3, -0.25) is 14.5 Å². The number of carbonyl (C=O) groups is 3. The van der Waals surface area contributed by atoms with Crippen LogP contribution in [0.4, 0.5) is 4.79 Å². The molecule has 4 amide bonds. The van der Waals surface area contributed by atoms with Crippen LogP contribution in [0.3, 0.4) is 0 Å². The molecule has 34 heavy (non-hydrogen) atoms. The fraction of sp³-hybridized carbons (Fsp3) is 0.423. The van der Waals surface area contributed by atoms with Gasteiger partial charge in [0.25, 0.3) is 5.91 Å². The molecular weight excluding hydrogens is 434 g/mol. The Bertz CT molecular complexity index is 960. The van der Waals surface area contributed by atoms with Gasteiger partial charge in [0.2, 0.25) is 5.91 Å². The van der Waals surface area contributed by atoms with Crippen LogP contribution in [0.25, 0.3) is 0 Å². The molecule has 0 radical (unpaired) electrons. The Hall–Kier alpha value is -3.55. The van der Waals surface area contributed by atoms with Crippen LogP contribution in [0.2, 0.25) is 0 Å². The molecule has 8 nitrogen and oxygen atoms in total. The molecule has 3 rings (SSSR count). The van der Waals surface area contributed by atoms with Crippen LogP contribution in [-0.4, -0.2) is 48.0 Å². The third kappa shape index (κ3) is 7.50. The Labute approximate surface area is 200 Å². The summed E-state index contributed by atoms with van der Waals surface area (Å²) in [6.45, 7) is 5.22. The van der Waals surface area contributed by atoms with Gasteiger partial charge in [0.1, 0.15) is 23.6 Å². The lowest BCUT2D eigenvalue weighted by molar-refractivity contribution is -0.130. The van der Waals surface area contributed by atoms with E-state index in [1.165, 1.54) is 4.90 Å². The van der Waals surface area contributed by atoms with Gasteiger partial charge in [0, 0.05) is 19.5 Å². The van der Waals surface area contributed by atoms with Crippen LogP contribution in [0.1, 0.15) is 45.1 Å². The maximum absolute atomic E-state index is 12.1. The number of nitrogens with zero attached hydrogens (tertiary/aromatic N) is 1. The van der Waals surface area contributed by atoms with Gasteiger partial charge in [-0.15, -0.1) is 0 Å². The maximum Gasteiger partial charge on any atom is 0.325 e. The highest BCUT2D eigenvalue weighted by molar-refractivity contribution is 6.06. The molecule has 0 spiro atoms. The fourth-order valence-corrected chi connectivity index (χ4v) is 3.52. The summed E-state index contributed by atoms with van der Waals surface area (Å²) in [4.78, 5) is 37.1. The Morgan fingerprint density at radius 3 is 2.26 bits per heavy atom. The van der Waals surface area contributed by atoms with Crippen molar-refractivity contribution in [2.75, 3.05) is 19.7 Å². The highest BCUT2D eigenvalue weighted by atomic mass is 16.5. The van der Waals surface area contributed by atoms with Crippen LogP contribution >= 0.6 is 0 Å². The number of hydrogen-bond acceptors (Lipinski definition) is 5. The van der Waals surface area contributed by atoms with Gasteiger partial charge in [-0.25, -0.2) is 4.79 Å². The summed E-state index contributed by atoms with van der Waals surface area (Å²) in [7, 11) is 0. The van der Waals surface area contributed by atoms with Crippen LogP contribution in [0, 0.1) is 0 Å². The molecule has 1 saturated heterocycles. The van der Waals surface area contributed by atoms with Crippen molar-refractivity contribution in [3.8, 4) is 11.5 Å². The predicted molar refractivity (Wildman–Crippen MR) is 129 cm³/mol. The number of unbranched alkanes of at least 4 members (excludes halogenated alkanes) is 1. The smallest absolute Gasteiger partial charge is 0.325 e. The summed E-state index contributed by atoms with van der Waals surface area (Å²) in [6, 6.07) is 17.1. The van der Waals surface area contributed by atoms with Gasteiger partial charge in [-0.1, -0.05) is 30.3 Å². The summed E-state index contributed by atoms with van der Waals surface area (Å²) in [5, 5.41) is 5.50. The molecule has 0 saturated carbocycles. The molecule has 1 aliphatic rings. The molecule has 2 aromatic carbocycles. The summed E-state index contributed by atoms with van der Waals surface area (Å²) in [6.07, 6.45) is 2.32. The Morgan fingerprint density at radius 2 is 1.62 bits per heavy atom. The van der Waals surface area contributed by atoms with E-state index in [1.54, 1.807) is 13.8 Å². The SMILES string of the molecule is CC1(C)NC(=O)N(CCCC(=O)NCCCCOc2ccc(OCc3ccccc3)cc2)C1=O. The molecule has 1 heterocycles. The zero-order chi connectivity index (χ0) is 24.4. The van der Waals surface area contributed by atoms with Crippen molar-refractivity contribution in [3.63, 3.8) is 0 Å². The van der Waals surface area contributed by atoms with Gasteiger partial charge < -0.3 is 20.1 Å². The minimum absolute atomic E-state index is 0.0849. The molecule has 182 valence electrons. The second kappa shape index (κ2) is 12.1. The summed E-state index contributed by atoms with van der Waals surface area (Å²) < 4.78 is 11.5. The van der Waals surface area contributed by atoms with Crippen LogP contribution < -0.4 is 20.1 Å². The molecule has 0 atom stereocenters. The van der Waals surface area contributed by atoms with Gasteiger partial charge in [0.15, 0.2) is 0 Å². The third-order valence-corrected chi connectivity index (χ3v) is 5.46. The topological polar surface area (TPSA) is 97.0 Å². The lowest BCUT2D eigenvalue weighted by Crippen LogP contribution is -2.40. The van der Waals surface area contributed by atoms with E-state index in [0.29, 0.717) is 26.2 Å². The maximum atomic E-state index is 12.1. The van der Waals surface area contributed by atoms with Crippen molar-refractivity contribution in [1.29, 1.82) is 0 Å². The largest absolute Gasteiger partial charge is 0.494 e. The molecule has 0 aliphatic carbocycles. The summed E-state index contributed by atoms with van der Waals surface area (Å²) in [5.74, 6) is 1.22. The molecular formula is C26H33N3O5. The number of ether oxygens (including phenoxy) is 2. The third-order valence-electron chi connectivity index (χ3n) is 5.46. The van der Waals surface area contributed by atoms with Crippen LogP contribution in [-0.2, 0) is 16.2 Å². The zero-order valence-electron chi connectivity index (χ0n) is 19.8. The average molecular weight is 468 g/mol. The van der Waals surface area contributed by atoms with Gasteiger partial charge in [-0.05, 0) is 62.9 Å². The number of amides is 4. The number of rotatable bonds is 13. The molecule has 8 heteroatoms. The lowest BCUT2D eigenvalue weighted by atomic mass is 10.1. The zero-order valence-corrected chi connectivity index (χ0v) is 19.8. The van der Waals surface area contributed by atoms with Crippen LogP contribution in [0.15, 0.2) is 54.6 Å². The fourth-order valence-electron chi connectivity index (χ4n) is 3.52. The van der Waals surface area contributed by atoms with Crippen molar-refractivity contribution < 1.29 is 23.9 Å². The van der Waals surface area contributed by atoms with E-state index in [2.05, 4.69) is 10.6 Å². The van der Waals surface area contributed by atoms with E-state index < -0.39 is 11.6 Å². The molecule has 1 fully saturated rings. The van der Waals surface area contributed by atoms with Crippen molar-refractivity contribution in [1.82, 2.24) is 15.5 Å². The number of hydrogen-bond donors (Lipinski definition) is 2. The molecule has 0 aromatic heterocycles. The van der Waals surface area contributed by atoms with Crippen molar-refractivity contribution in [2.45, 2.75) is 51.7 Å². The van der Waals surface area contributed by atoms with Crippen molar-refractivity contribution >= 4 is 17.8 Å². The number of nitrogens with one attached hydrogen (secondary N) is 2. The van der Waals surface area contributed by atoms with E-state index >= 15 is 0 Å². The van der Waals surface area contributed by atoms with E-state index in [-0.39, 0.29) is 24.8 Å². The Balaban J connectivity index is 1.22. The van der Waals surface area contributed by atoms with E-state index in [4.69, 9.17) is 9.47 Å². The van der Waals surface area contributed by atoms with Gasteiger partial charge >= 0.3 is 6.03 Å². The van der Waals surface area contributed by atoms with E-state index in [1.807, 2.05) is 54.6 Å². The standard InChI is InChI=1S/C26H33N3O5/c1-26(2)24(31)29(25(32)28-26)17-8-11-23(30)27-16-6-7-18-33-21-12-14-22(15-13-21)34-19-20-9-4-3-5-10-20/h3-5,9-10,12-15H,6-8,11,16-19H2,1-2H3,(H,27,30)(H,28,32). The molecule has 1 aliphatic heterocycles. The second-order valence-corrected chi connectivity index (χ2v) is 8.77. The number of urea groups is 1. The molecule has 2 N–H and O–H groups in total. The number of carbonyl (C=O) groups excluding carboxylic acids is 3. The van der Waals surface area contributed by atoms with Crippen LogP contribution in [0.5, 0.6) is 11.5 Å². The quantitative estimate of drug-likeness (QED) is 0.346. The minimum Gasteiger partial charge on any atom is -0.494 e. The first kappa shape index (κ1) is 25.1. The van der Waals surface area contributed by atoms with E-state index in [0.717, 1.165) is 29.9 Å².